The molecule has 0 aliphatic heterocycles. The number of urea groups is 1. The lowest BCUT2D eigenvalue weighted by Crippen LogP contribution is -2.20. The van der Waals surface area contributed by atoms with Gasteiger partial charge in [0.15, 0.2) is 0 Å². The van der Waals surface area contributed by atoms with E-state index < -0.39 is 12.0 Å². The molecule has 104 valence electrons. The maximum absolute atomic E-state index is 11.8. The van der Waals surface area contributed by atoms with Gasteiger partial charge in [-0.3, -0.25) is 9.48 Å². The normalized spacial score (nSPS) is 10.1. The molecule has 0 unspecified atom stereocenters. The molecular formula is C13H14N4O3. The Kier molecular flexibility index (Phi) is 3.99. The number of para-hydroxylation sites is 1. The monoisotopic (exact) mass is 274 g/mol. The number of nitrogens with zero attached hydrogens (tertiary/aromatic N) is 2. The number of anilines is 2. The van der Waals surface area contributed by atoms with E-state index in [1.807, 2.05) is 0 Å². The Labute approximate surface area is 115 Å². The van der Waals surface area contributed by atoms with Crippen LogP contribution in [0.2, 0.25) is 0 Å². The number of rotatable bonds is 4. The number of nitrogens with one attached hydrogen (secondary N) is 2. The highest BCUT2D eigenvalue weighted by Gasteiger charge is 2.09. The Morgan fingerprint density at radius 3 is 2.70 bits per heavy atom. The number of hydrogen-bond donors (Lipinski definition) is 3. The molecule has 1 aromatic carbocycles. The predicted molar refractivity (Wildman–Crippen MR) is 73.6 cm³/mol. The topological polar surface area (TPSA) is 96.2 Å². The zero-order valence-corrected chi connectivity index (χ0v) is 10.8. The summed E-state index contributed by atoms with van der Waals surface area (Å²) in [6, 6.07) is 6.32. The van der Waals surface area contributed by atoms with Crippen molar-refractivity contribution < 1.29 is 14.7 Å². The number of carboxylic acids is 1. The number of carbonyl (C=O) groups excluding carboxylic acids is 1. The molecule has 7 heteroatoms. The molecule has 1 aromatic heterocycles. The Morgan fingerprint density at radius 1 is 1.30 bits per heavy atom. The van der Waals surface area contributed by atoms with E-state index in [1.165, 1.54) is 6.20 Å². The Balaban J connectivity index is 2.05. The average Bonchev–Trinajstić information content (AvgIpc) is 2.76. The van der Waals surface area contributed by atoms with Crippen molar-refractivity contribution in [3.8, 4) is 0 Å². The number of hydrogen-bond acceptors (Lipinski definition) is 3. The van der Waals surface area contributed by atoms with Gasteiger partial charge in [0.2, 0.25) is 0 Å². The smallest absolute Gasteiger partial charge is 0.323 e. The first-order valence-corrected chi connectivity index (χ1v) is 5.91. The molecule has 2 rings (SSSR count). The van der Waals surface area contributed by atoms with Gasteiger partial charge >= 0.3 is 12.0 Å². The fourth-order valence-electron chi connectivity index (χ4n) is 1.73. The van der Waals surface area contributed by atoms with Gasteiger partial charge in [0.05, 0.1) is 18.3 Å². The van der Waals surface area contributed by atoms with Crippen LogP contribution < -0.4 is 10.6 Å². The summed E-state index contributed by atoms with van der Waals surface area (Å²) in [4.78, 5) is 22.6. The molecule has 0 aliphatic rings. The second kappa shape index (κ2) is 5.87. The number of carbonyl (C=O) groups is 2. The molecule has 2 aromatic rings. The van der Waals surface area contributed by atoms with E-state index in [2.05, 4.69) is 15.7 Å². The Hall–Kier alpha value is -2.83. The van der Waals surface area contributed by atoms with Crippen LogP contribution in [-0.4, -0.2) is 26.9 Å². The molecule has 1 heterocycles. The van der Waals surface area contributed by atoms with E-state index in [0.29, 0.717) is 16.9 Å². The molecule has 0 atom stereocenters. The molecule has 0 spiro atoms. The van der Waals surface area contributed by atoms with Gasteiger partial charge in [0, 0.05) is 18.9 Å². The molecule has 0 radical (unpaired) electrons. The molecule has 2 amide bonds. The summed E-state index contributed by atoms with van der Waals surface area (Å²) >= 11 is 0. The van der Waals surface area contributed by atoms with E-state index >= 15 is 0 Å². The first-order chi connectivity index (χ1) is 9.54. The Morgan fingerprint density at radius 2 is 2.05 bits per heavy atom. The molecule has 0 saturated carbocycles. The van der Waals surface area contributed by atoms with Crippen molar-refractivity contribution in [1.29, 1.82) is 0 Å². The van der Waals surface area contributed by atoms with Crippen LogP contribution in [0.15, 0.2) is 36.7 Å². The quantitative estimate of drug-likeness (QED) is 0.790. The van der Waals surface area contributed by atoms with Gasteiger partial charge in [-0.15, -0.1) is 0 Å². The maximum Gasteiger partial charge on any atom is 0.323 e. The number of benzene rings is 1. The molecule has 0 bridgehead atoms. The highest BCUT2D eigenvalue weighted by Crippen LogP contribution is 2.16. The van der Waals surface area contributed by atoms with E-state index in [-0.39, 0.29) is 6.42 Å². The van der Waals surface area contributed by atoms with Crippen LogP contribution in [0.5, 0.6) is 0 Å². The maximum atomic E-state index is 11.8. The second-order valence-electron chi connectivity index (χ2n) is 4.21. The average molecular weight is 274 g/mol. The van der Waals surface area contributed by atoms with Gasteiger partial charge in [0.1, 0.15) is 0 Å². The fraction of sp³-hybridized carbons (Fsp3) is 0.154. The highest BCUT2D eigenvalue weighted by atomic mass is 16.4. The summed E-state index contributed by atoms with van der Waals surface area (Å²) in [5.74, 6) is -0.952. The van der Waals surface area contributed by atoms with Crippen molar-refractivity contribution in [2.24, 2.45) is 7.05 Å². The molecule has 7 nitrogen and oxygen atoms in total. The molecule has 20 heavy (non-hydrogen) atoms. The minimum atomic E-state index is -0.952. The lowest BCUT2D eigenvalue weighted by molar-refractivity contribution is -0.136. The van der Waals surface area contributed by atoms with Crippen molar-refractivity contribution in [2.75, 3.05) is 10.6 Å². The van der Waals surface area contributed by atoms with Gasteiger partial charge in [0.25, 0.3) is 0 Å². The van der Waals surface area contributed by atoms with Crippen molar-refractivity contribution in [2.45, 2.75) is 6.42 Å². The number of aromatic nitrogens is 2. The minimum Gasteiger partial charge on any atom is -0.481 e. The van der Waals surface area contributed by atoms with Crippen LogP contribution >= 0.6 is 0 Å². The van der Waals surface area contributed by atoms with Crippen LogP contribution in [0, 0.1) is 0 Å². The van der Waals surface area contributed by atoms with Crippen LogP contribution in [0.4, 0.5) is 16.2 Å². The first kappa shape index (κ1) is 13.6. The SMILES string of the molecule is Cn1cc(NC(=O)Nc2ccccc2CC(=O)O)cn1. The second-order valence-corrected chi connectivity index (χ2v) is 4.21. The third kappa shape index (κ3) is 3.58. The van der Waals surface area contributed by atoms with Gasteiger partial charge in [-0.25, -0.2) is 4.79 Å². The molecule has 0 saturated heterocycles. The summed E-state index contributed by atoms with van der Waals surface area (Å²) in [6.45, 7) is 0. The van der Waals surface area contributed by atoms with Gasteiger partial charge < -0.3 is 15.7 Å². The molecule has 0 aliphatic carbocycles. The van der Waals surface area contributed by atoms with E-state index in [4.69, 9.17) is 5.11 Å². The lowest BCUT2D eigenvalue weighted by Gasteiger charge is -2.09. The zero-order valence-electron chi connectivity index (χ0n) is 10.8. The number of aryl methyl sites for hydroxylation is 1. The van der Waals surface area contributed by atoms with Gasteiger partial charge in [-0.2, -0.15) is 5.10 Å². The predicted octanol–water partition coefficient (Wildman–Crippen LogP) is 1.69. The summed E-state index contributed by atoms with van der Waals surface area (Å²) in [6.07, 6.45) is 3.02. The van der Waals surface area contributed by atoms with Crippen LogP contribution in [0.25, 0.3) is 0 Å². The van der Waals surface area contributed by atoms with Crippen molar-refractivity contribution in [3.63, 3.8) is 0 Å². The third-order valence-corrected chi connectivity index (χ3v) is 2.57. The van der Waals surface area contributed by atoms with Crippen LogP contribution in [0.1, 0.15) is 5.56 Å². The Bertz CT molecular complexity index is 636. The standard InChI is InChI=1S/C13H14N4O3/c1-17-8-10(7-14-17)15-13(20)16-11-5-3-2-4-9(11)6-12(18)19/h2-5,7-8H,6H2,1H3,(H,18,19)(H2,15,16,20). The number of amides is 2. The van der Waals surface area contributed by atoms with Crippen molar-refractivity contribution in [1.82, 2.24) is 9.78 Å². The fourth-order valence-corrected chi connectivity index (χ4v) is 1.73. The minimum absolute atomic E-state index is 0.149. The number of aliphatic carboxylic acids is 1. The zero-order chi connectivity index (χ0) is 14.5. The van der Waals surface area contributed by atoms with E-state index in [0.717, 1.165) is 0 Å². The summed E-state index contributed by atoms with van der Waals surface area (Å²) in [5.41, 5.74) is 1.57. The highest BCUT2D eigenvalue weighted by molar-refractivity contribution is 6.00. The molecule has 0 fully saturated rings. The third-order valence-electron chi connectivity index (χ3n) is 2.57. The summed E-state index contributed by atoms with van der Waals surface area (Å²) in [5, 5.41) is 18.0. The summed E-state index contributed by atoms with van der Waals surface area (Å²) in [7, 11) is 1.74. The van der Waals surface area contributed by atoms with E-state index in [1.54, 1.807) is 42.2 Å². The summed E-state index contributed by atoms with van der Waals surface area (Å²) < 4.78 is 1.56. The molecule has 3 N–H and O–H groups in total. The van der Waals surface area contributed by atoms with Gasteiger partial charge in [-0.1, -0.05) is 18.2 Å². The molecular weight excluding hydrogens is 260 g/mol. The van der Waals surface area contributed by atoms with Crippen molar-refractivity contribution >= 4 is 23.4 Å². The number of carboxylic acid groups (broad SMARTS) is 1. The van der Waals surface area contributed by atoms with Crippen molar-refractivity contribution in [3.05, 3.63) is 42.2 Å². The van der Waals surface area contributed by atoms with Gasteiger partial charge in [-0.05, 0) is 11.6 Å². The van der Waals surface area contributed by atoms with Crippen LogP contribution in [-0.2, 0) is 18.3 Å². The largest absolute Gasteiger partial charge is 0.481 e. The van der Waals surface area contributed by atoms with Crippen LogP contribution in [0.3, 0.4) is 0 Å². The first-order valence-electron chi connectivity index (χ1n) is 5.91. The lowest BCUT2D eigenvalue weighted by atomic mass is 10.1. The van der Waals surface area contributed by atoms with E-state index in [9.17, 15) is 9.59 Å².